The van der Waals surface area contributed by atoms with Gasteiger partial charge in [-0.25, -0.2) is 0 Å². The number of piperidine rings is 2. The molecule has 0 aromatic rings. The van der Waals surface area contributed by atoms with Gasteiger partial charge in [0.1, 0.15) is 0 Å². The third-order valence-electron chi connectivity index (χ3n) is 5.47. The summed E-state index contributed by atoms with van der Waals surface area (Å²) in [5.41, 5.74) is 0. The molecule has 3 rings (SSSR count). The Balaban J connectivity index is 0.00000161. The predicted octanol–water partition coefficient (Wildman–Crippen LogP) is 1.88. The van der Waals surface area contributed by atoms with E-state index in [1.165, 1.54) is 38.5 Å². The number of fused-ring (bicyclic) bond motifs is 2. The summed E-state index contributed by atoms with van der Waals surface area (Å²) in [7, 11) is 2.14. The van der Waals surface area contributed by atoms with E-state index in [1.807, 2.05) is 0 Å². The van der Waals surface area contributed by atoms with Gasteiger partial charge < -0.3 is 10.2 Å². The average Bonchev–Trinajstić information content (AvgIpc) is 2.77. The molecule has 3 saturated heterocycles. The lowest BCUT2D eigenvalue weighted by Crippen LogP contribution is -2.50. The Hall–Kier alpha value is -0.320. The van der Waals surface area contributed by atoms with Gasteiger partial charge in [0, 0.05) is 31.2 Å². The number of likely N-dealkylation sites (N-methyl/N-ethyl adjacent to an activating group) is 1. The van der Waals surface area contributed by atoms with Crippen molar-refractivity contribution in [2.24, 2.45) is 5.92 Å². The summed E-state index contributed by atoms with van der Waals surface area (Å²) in [6, 6.07) is 2.00. The van der Waals surface area contributed by atoms with E-state index in [4.69, 9.17) is 0 Å². The summed E-state index contributed by atoms with van der Waals surface area (Å²) < 4.78 is 0. The first-order valence-corrected chi connectivity index (χ1v) is 8.36. The Kier molecular flexibility index (Phi) is 5.92. The van der Waals surface area contributed by atoms with Crippen LogP contribution in [-0.2, 0) is 4.79 Å². The highest BCUT2D eigenvalue weighted by Crippen LogP contribution is 2.29. The summed E-state index contributed by atoms with van der Waals surface area (Å²) in [5.74, 6) is 1.01. The fourth-order valence-corrected chi connectivity index (χ4v) is 4.25. The minimum absolute atomic E-state index is 0. The normalized spacial score (nSPS) is 35.7. The Morgan fingerprint density at radius 2 is 1.90 bits per heavy atom. The molecule has 3 fully saturated rings. The van der Waals surface area contributed by atoms with E-state index in [2.05, 4.69) is 29.1 Å². The van der Waals surface area contributed by atoms with Gasteiger partial charge in [-0.2, -0.15) is 0 Å². The van der Waals surface area contributed by atoms with Crippen LogP contribution in [0.25, 0.3) is 0 Å². The van der Waals surface area contributed by atoms with E-state index < -0.39 is 0 Å². The van der Waals surface area contributed by atoms with E-state index in [-0.39, 0.29) is 12.4 Å². The molecule has 2 bridgehead atoms. The van der Waals surface area contributed by atoms with Crippen LogP contribution in [0, 0.1) is 5.92 Å². The third kappa shape index (κ3) is 4.11. The van der Waals surface area contributed by atoms with E-state index >= 15 is 0 Å². The number of rotatable bonds is 3. The Labute approximate surface area is 135 Å². The van der Waals surface area contributed by atoms with Crippen molar-refractivity contribution in [2.45, 2.75) is 63.6 Å². The van der Waals surface area contributed by atoms with Crippen LogP contribution in [0.15, 0.2) is 0 Å². The van der Waals surface area contributed by atoms with Gasteiger partial charge >= 0.3 is 0 Å². The number of nitrogens with zero attached hydrogens (tertiary/aromatic N) is 2. The van der Waals surface area contributed by atoms with E-state index in [9.17, 15) is 4.79 Å². The second kappa shape index (κ2) is 7.30. The van der Waals surface area contributed by atoms with Crippen molar-refractivity contribution in [3.8, 4) is 0 Å². The van der Waals surface area contributed by atoms with Gasteiger partial charge in [0.2, 0.25) is 5.91 Å². The molecule has 1 N–H and O–H groups in total. The van der Waals surface area contributed by atoms with Gasteiger partial charge in [0.15, 0.2) is 0 Å². The minimum atomic E-state index is 0. The van der Waals surface area contributed by atoms with Gasteiger partial charge in [0.05, 0.1) is 6.54 Å². The zero-order chi connectivity index (χ0) is 14.1. The van der Waals surface area contributed by atoms with Crippen molar-refractivity contribution < 1.29 is 4.79 Å². The smallest absolute Gasteiger partial charge is 0.236 e. The minimum Gasteiger partial charge on any atom is -0.341 e. The quantitative estimate of drug-likeness (QED) is 0.864. The van der Waals surface area contributed by atoms with Crippen molar-refractivity contribution in [3.63, 3.8) is 0 Å². The number of carbonyl (C=O) groups excluding carboxylic acids is 1. The maximum absolute atomic E-state index is 12.4. The zero-order valence-electron chi connectivity index (χ0n) is 13.4. The van der Waals surface area contributed by atoms with Crippen LogP contribution < -0.4 is 5.32 Å². The Morgan fingerprint density at radius 3 is 2.52 bits per heavy atom. The first-order valence-electron chi connectivity index (χ1n) is 8.36. The predicted molar refractivity (Wildman–Crippen MR) is 87.8 cm³/mol. The van der Waals surface area contributed by atoms with Crippen molar-refractivity contribution in [1.82, 2.24) is 15.1 Å². The SMILES string of the molecule is CC1CCCN(C(=O)CN(C)C2CC3CCC(C2)N3)C1.Cl. The zero-order valence-corrected chi connectivity index (χ0v) is 14.2. The molecule has 0 aliphatic carbocycles. The fraction of sp³-hybridized carbons (Fsp3) is 0.938. The number of carbonyl (C=O) groups is 1. The molecular weight excluding hydrogens is 286 g/mol. The summed E-state index contributed by atoms with van der Waals surface area (Å²) in [6.45, 7) is 4.79. The lowest BCUT2D eigenvalue weighted by molar-refractivity contribution is -0.134. The summed E-state index contributed by atoms with van der Waals surface area (Å²) in [5, 5.41) is 3.68. The maximum Gasteiger partial charge on any atom is 0.236 e. The maximum atomic E-state index is 12.4. The van der Waals surface area contributed by atoms with Crippen molar-refractivity contribution >= 4 is 18.3 Å². The molecule has 3 aliphatic heterocycles. The van der Waals surface area contributed by atoms with Gasteiger partial charge in [-0.3, -0.25) is 9.69 Å². The molecule has 3 atom stereocenters. The van der Waals surface area contributed by atoms with Crippen molar-refractivity contribution in [2.75, 3.05) is 26.7 Å². The van der Waals surface area contributed by atoms with Gasteiger partial charge in [-0.15, -0.1) is 12.4 Å². The molecular formula is C16H30ClN3O. The molecule has 21 heavy (non-hydrogen) atoms. The van der Waals surface area contributed by atoms with E-state index in [0.29, 0.717) is 36.5 Å². The lowest BCUT2D eigenvalue weighted by Gasteiger charge is -2.37. The standard InChI is InChI=1S/C16H29N3O.ClH/c1-12-4-3-7-19(10-12)16(20)11-18(2)15-8-13-5-6-14(9-15)17-13;/h12-15,17H,3-11H2,1-2H3;1H. The third-order valence-corrected chi connectivity index (χ3v) is 5.47. The van der Waals surface area contributed by atoms with Crippen LogP contribution in [-0.4, -0.2) is 60.5 Å². The number of halogens is 1. The molecule has 1 amide bonds. The lowest BCUT2D eigenvalue weighted by atomic mass is 9.98. The summed E-state index contributed by atoms with van der Waals surface area (Å²) >= 11 is 0. The Morgan fingerprint density at radius 1 is 1.24 bits per heavy atom. The second-order valence-corrected chi connectivity index (χ2v) is 7.27. The van der Waals surface area contributed by atoms with Crippen LogP contribution in [0.4, 0.5) is 0 Å². The highest BCUT2D eigenvalue weighted by atomic mass is 35.5. The summed E-state index contributed by atoms with van der Waals surface area (Å²) in [4.78, 5) is 16.8. The second-order valence-electron chi connectivity index (χ2n) is 7.27. The topological polar surface area (TPSA) is 35.6 Å². The van der Waals surface area contributed by atoms with Crippen LogP contribution >= 0.6 is 12.4 Å². The van der Waals surface area contributed by atoms with Crippen LogP contribution in [0.2, 0.25) is 0 Å². The van der Waals surface area contributed by atoms with E-state index in [1.54, 1.807) is 0 Å². The highest BCUT2D eigenvalue weighted by Gasteiger charge is 2.35. The molecule has 0 aromatic carbocycles. The summed E-state index contributed by atoms with van der Waals surface area (Å²) in [6.07, 6.45) is 7.54. The monoisotopic (exact) mass is 315 g/mol. The molecule has 0 aromatic heterocycles. The Bertz CT molecular complexity index is 353. The number of nitrogens with one attached hydrogen (secondary N) is 1. The van der Waals surface area contributed by atoms with Gasteiger partial charge in [-0.05, 0) is 51.5 Å². The average molecular weight is 316 g/mol. The first-order chi connectivity index (χ1) is 9.61. The highest BCUT2D eigenvalue weighted by molar-refractivity contribution is 5.85. The molecule has 0 radical (unpaired) electrons. The van der Waals surface area contributed by atoms with Gasteiger partial charge in [-0.1, -0.05) is 6.92 Å². The first kappa shape index (κ1) is 17.0. The number of likely N-dealkylation sites (tertiary alicyclic amines) is 1. The fourth-order valence-electron chi connectivity index (χ4n) is 4.25. The molecule has 5 heteroatoms. The van der Waals surface area contributed by atoms with Crippen molar-refractivity contribution in [1.29, 1.82) is 0 Å². The van der Waals surface area contributed by atoms with Gasteiger partial charge in [0.25, 0.3) is 0 Å². The molecule has 0 spiro atoms. The number of amides is 1. The molecule has 4 nitrogen and oxygen atoms in total. The molecule has 3 aliphatic rings. The molecule has 122 valence electrons. The van der Waals surface area contributed by atoms with Crippen LogP contribution in [0.3, 0.4) is 0 Å². The van der Waals surface area contributed by atoms with Crippen LogP contribution in [0.1, 0.15) is 45.4 Å². The van der Waals surface area contributed by atoms with Crippen LogP contribution in [0.5, 0.6) is 0 Å². The largest absolute Gasteiger partial charge is 0.341 e. The number of hydrogen-bond acceptors (Lipinski definition) is 3. The molecule has 3 heterocycles. The molecule has 0 saturated carbocycles. The van der Waals surface area contributed by atoms with E-state index in [0.717, 1.165) is 13.1 Å². The van der Waals surface area contributed by atoms with Crippen molar-refractivity contribution in [3.05, 3.63) is 0 Å². The molecule has 3 unspecified atom stereocenters. The number of hydrogen-bond donors (Lipinski definition) is 1.